The zero-order chi connectivity index (χ0) is 22.1. The topological polar surface area (TPSA) is 80.2 Å². The minimum atomic E-state index is -4.70. The second kappa shape index (κ2) is 8.06. The Balaban J connectivity index is 2.31. The van der Waals surface area contributed by atoms with Crippen molar-refractivity contribution in [3.05, 3.63) is 52.6 Å². The molecule has 1 heterocycles. The number of halogens is 4. The van der Waals surface area contributed by atoms with Gasteiger partial charge >= 0.3 is 6.18 Å². The number of aromatic nitrogens is 1. The van der Waals surface area contributed by atoms with Gasteiger partial charge in [-0.15, -0.1) is 0 Å². The van der Waals surface area contributed by atoms with Crippen molar-refractivity contribution in [3.63, 3.8) is 0 Å². The first-order valence-corrected chi connectivity index (χ1v) is 8.49. The summed E-state index contributed by atoms with van der Waals surface area (Å²) in [6.07, 6.45) is -4.70. The highest BCUT2D eigenvalue weighted by atomic mass is 19.4. The molecule has 29 heavy (non-hydrogen) atoms. The number of hydrogen-bond donors (Lipinski definition) is 2. The van der Waals surface area contributed by atoms with Gasteiger partial charge in [0.1, 0.15) is 11.9 Å². The molecule has 156 valence electrons. The molecule has 2 aromatic rings. The number of benzene rings is 1. The molecule has 1 aromatic heterocycles. The molecule has 0 saturated carbocycles. The normalized spacial score (nSPS) is 12.4. The van der Waals surface area contributed by atoms with E-state index in [1.807, 2.05) is 0 Å². The van der Waals surface area contributed by atoms with Crippen molar-refractivity contribution in [2.45, 2.75) is 33.0 Å². The summed E-state index contributed by atoms with van der Waals surface area (Å²) >= 11 is 0. The highest BCUT2D eigenvalue weighted by Crippen LogP contribution is 2.24. The quantitative estimate of drug-likeness (QED) is 0.449. The van der Waals surface area contributed by atoms with E-state index in [4.69, 9.17) is 0 Å². The summed E-state index contributed by atoms with van der Waals surface area (Å²) in [6.45, 7) is 3.66. The van der Waals surface area contributed by atoms with Crippen molar-refractivity contribution in [2.75, 3.05) is 5.32 Å². The minimum absolute atomic E-state index is 0.0943. The first-order valence-electron chi connectivity index (χ1n) is 8.49. The van der Waals surface area contributed by atoms with Gasteiger partial charge < -0.3 is 15.2 Å². The minimum Gasteiger partial charge on any atom is -0.344 e. The summed E-state index contributed by atoms with van der Waals surface area (Å²) in [5.74, 6) is -3.71. The van der Waals surface area contributed by atoms with Crippen LogP contribution in [-0.4, -0.2) is 34.4 Å². The molecule has 0 spiro atoms. The van der Waals surface area contributed by atoms with Crippen molar-refractivity contribution in [1.29, 1.82) is 0 Å². The third-order valence-corrected chi connectivity index (χ3v) is 4.52. The van der Waals surface area contributed by atoms with Crippen LogP contribution < -0.4 is 10.6 Å². The molecule has 0 fully saturated rings. The molecule has 0 aliphatic heterocycles. The van der Waals surface area contributed by atoms with Gasteiger partial charge in [0.2, 0.25) is 0 Å². The van der Waals surface area contributed by atoms with Gasteiger partial charge in [0.25, 0.3) is 17.6 Å². The molecule has 0 unspecified atom stereocenters. The van der Waals surface area contributed by atoms with Crippen LogP contribution in [0.5, 0.6) is 0 Å². The number of amides is 2. The van der Waals surface area contributed by atoms with E-state index >= 15 is 0 Å². The number of hydrogen-bond acceptors (Lipinski definition) is 3. The maximum absolute atomic E-state index is 13.0. The zero-order valence-electron chi connectivity index (χ0n) is 16.1. The van der Waals surface area contributed by atoms with Gasteiger partial charge in [-0.05, 0) is 50.6 Å². The molecule has 2 N–H and O–H groups in total. The van der Waals surface area contributed by atoms with Crippen LogP contribution in [0.1, 0.15) is 39.0 Å². The van der Waals surface area contributed by atoms with Gasteiger partial charge in [0.15, 0.2) is 0 Å². The van der Waals surface area contributed by atoms with E-state index in [1.54, 1.807) is 5.32 Å². The fourth-order valence-corrected chi connectivity index (χ4v) is 2.81. The number of Topliss-reactive ketones (excluding diaryl/α,β-unsaturated/α-hetero) is 1. The number of carbonyl (C=O) groups is 3. The molecule has 2 rings (SSSR count). The predicted octanol–water partition coefficient (Wildman–Crippen LogP) is 3.28. The summed E-state index contributed by atoms with van der Waals surface area (Å²) in [6, 6.07) is 2.79. The summed E-state index contributed by atoms with van der Waals surface area (Å²) in [7, 11) is 1.42. The number of alkyl halides is 3. The number of nitrogens with zero attached hydrogens (tertiary/aromatic N) is 1. The van der Waals surface area contributed by atoms with E-state index in [1.165, 1.54) is 37.6 Å². The Morgan fingerprint density at radius 1 is 1.07 bits per heavy atom. The third kappa shape index (κ3) is 4.64. The van der Waals surface area contributed by atoms with Crippen LogP contribution in [0.2, 0.25) is 0 Å². The van der Waals surface area contributed by atoms with Crippen molar-refractivity contribution in [2.24, 2.45) is 7.05 Å². The monoisotopic (exact) mass is 413 g/mol. The average molecular weight is 413 g/mol. The summed E-state index contributed by atoms with van der Waals surface area (Å²) in [4.78, 5) is 37.1. The second-order valence-electron chi connectivity index (χ2n) is 6.52. The second-order valence-corrected chi connectivity index (χ2v) is 6.52. The van der Waals surface area contributed by atoms with Crippen LogP contribution in [0.15, 0.2) is 24.3 Å². The lowest BCUT2D eigenvalue weighted by Crippen LogP contribution is -2.46. The van der Waals surface area contributed by atoms with Gasteiger partial charge in [-0.3, -0.25) is 14.4 Å². The number of carbonyl (C=O) groups excluding carboxylic acids is 3. The van der Waals surface area contributed by atoms with E-state index in [2.05, 4.69) is 5.32 Å². The van der Waals surface area contributed by atoms with Crippen LogP contribution in [0.4, 0.5) is 23.2 Å². The van der Waals surface area contributed by atoms with E-state index < -0.39 is 35.6 Å². The highest BCUT2D eigenvalue weighted by molar-refractivity contribution is 6.43. The fraction of sp³-hybridized carbons (Fsp3) is 0.316. The Morgan fingerprint density at radius 3 is 2.14 bits per heavy atom. The van der Waals surface area contributed by atoms with Gasteiger partial charge in [0.05, 0.1) is 11.3 Å². The molecule has 0 saturated heterocycles. The van der Waals surface area contributed by atoms with Gasteiger partial charge in [-0.25, -0.2) is 4.39 Å². The van der Waals surface area contributed by atoms with Crippen LogP contribution in [0.25, 0.3) is 0 Å². The van der Waals surface area contributed by atoms with Crippen LogP contribution in [0, 0.1) is 19.7 Å². The lowest BCUT2D eigenvalue weighted by Gasteiger charge is -2.16. The first-order chi connectivity index (χ1) is 13.3. The molecule has 0 bridgehead atoms. The average Bonchev–Trinajstić information content (AvgIpc) is 2.84. The number of rotatable bonds is 5. The lowest BCUT2D eigenvalue weighted by atomic mass is 10.1. The SMILES string of the molecule is Cc1c(C(=O)Nc2ccc(F)cc2)c(C)n(C)c1C(=O)C(=O)N[C@@H](C)C(F)(F)F. The van der Waals surface area contributed by atoms with E-state index in [0.29, 0.717) is 11.4 Å². The van der Waals surface area contributed by atoms with E-state index in [-0.39, 0.29) is 16.8 Å². The Morgan fingerprint density at radius 2 is 1.62 bits per heavy atom. The van der Waals surface area contributed by atoms with Crippen molar-refractivity contribution in [1.82, 2.24) is 9.88 Å². The molecule has 1 atom stereocenters. The van der Waals surface area contributed by atoms with Crippen molar-refractivity contribution in [3.8, 4) is 0 Å². The van der Waals surface area contributed by atoms with Crippen LogP contribution in [-0.2, 0) is 11.8 Å². The maximum Gasteiger partial charge on any atom is 0.408 e. The van der Waals surface area contributed by atoms with E-state index in [9.17, 15) is 31.9 Å². The molecular weight excluding hydrogens is 394 g/mol. The standard InChI is InChI=1S/C19H19F4N3O3/c1-9-14(17(28)25-13-7-5-12(20)6-8-13)10(2)26(4)15(9)16(27)18(29)24-11(3)19(21,22)23/h5-8,11H,1-4H3,(H,24,29)(H,25,28)/t11-/m0/s1. The number of anilines is 1. The molecule has 1 aromatic carbocycles. The first kappa shape index (κ1) is 22.1. The Bertz CT molecular complexity index is 963. The molecule has 2 amide bonds. The predicted molar refractivity (Wildman–Crippen MR) is 97.2 cm³/mol. The van der Waals surface area contributed by atoms with Gasteiger partial charge in [-0.1, -0.05) is 0 Å². The molecule has 0 aliphatic rings. The van der Waals surface area contributed by atoms with Crippen molar-refractivity contribution >= 4 is 23.3 Å². The van der Waals surface area contributed by atoms with E-state index in [0.717, 1.165) is 19.1 Å². The maximum atomic E-state index is 13.0. The smallest absolute Gasteiger partial charge is 0.344 e. The molecule has 0 radical (unpaired) electrons. The highest BCUT2D eigenvalue weighted by Gasteiger charge is 2.39. The largest absolute Gasteiger partial charge is 0.408 e. The summed E-state index contributed by atoms with van der Waals surface area (Å²) in [5.41, 5.74) is 0.686. The van der Waals surface area contributed by atoms with Crippen LogP contribution in [0.3, 0.4) is 0 Å². The molecule has 10 heteroatoms. The third-order valence-electron chi connectivity index (χ3n) is 4.52. The van der Waals surface area contributed by atoms with Gasteiger partial charge in [0, 0.05) is 18.4 Å². The van der Waals surface area contributed by atoms with Gasteiger partial charge in [-0.2, -0.15) is 13.2 Å². The summed E-state index contributed by atoms with van der Waals surface area (Å²) < 4.78 is 52.2. The number of nitrogens with one attached hydrogen (secondary N) is 2. The summed E-state index contributed by atoms with van der Waals surface area (Å²) in [5, 5.41) is 4.16. The zero-order valence-corrected chi connectivity index (χ0v) is 16.1. The Kier molecular flexibility index (Phi) is 6.15. The molecular formula is C19H19F4N3O3. The lowest BCUT2D eigenvalue weighted by molar-refractivity contribution is -0.156. The Hall–Kier alpha value is -3.17. The van der Waals surface area contributed by atoms with Crippen molar-refractivity contribution < 1.29 is 31.9 Å². The number of ketones is 1. The molecule has 6 nitrogen and oxygen atoms in total. The fourth-order valence-electron chi connectivity index (χ4n) is 2.81. The Labute approximate surface area is 163 Å². The molecule has 0 aliphatic carbocycles. The van der Waals surface area contributed by atoms with Crippen LogP contribution >= 0.6 is 0 Å².